The van der Waals surface area contributed by atoms with E-state index >= 15 is 0 Å². The first-order valence-electron chi connectivity index (χ1n) is 8.99. The van der Waals surface area contributed by atoms with Crippen LogP contribution in [0.5, 0.6) is 11.5 Å². The van der Waals surface area contributed by atoms with Crippen LogP contribution >= 0.6 is 11.3 Å². The standard InChI is InChI=1S/C20H17N5O4S/c1-12-3-2-4-14(7-12)19(27)22-20-25-24-18(30-20)9-17(26)23-21-10-13-5-6-15-16(8-13)29-11-28-15/h2-8,10H,9,11H2,1H3,(H,23,26)(H,22,25,27)/b21-10+. The van der Waals surface area contributed by atoms with Crippen LogP contribution in [0.25, 0.3) is 0 Å². The average molecular weight is 423 g/mol. The summed E-state index contributed by atoms with van der Waals surface area (Å²) >= 11 is 1.13. The molecule has 0 saturated heterocycles. The number of rotatable bonds is 6. The molecule has 152 valence electrons. The van der Waals surface area contributed by atoms with Crippen LogP contribution in [0.2, 0.25) is 0 Å². The third kappa shape index (κ3) is 4.78. The van der Waals surface area contributed by atoms with Gasteiger partial charge in [0.2, 0.25) is 17.8 Å². The number of nitrogens with zero attached hydrogens (tertiary/aromatic N) is 3. The Bertz CT molecular complexity index is 1130. The van der Waals surface area contributed by atoms with Gasteiger partial charge >= 0.3 is 0 Å². The van der Waals surface area contributed by atoms with E-state index in [0.29, 0.717) is 27.2 Å². The quantitative estimate of drug-likeness (QED) is 0.465. The summed E-state index contributed by atoms with van der Waals surface area (Å²) in [6.07, 6.45) is 1.50. The lowest BCUT2D eigenvalue weighted by molar-refractivity contribution is -0.120. The van der Waals surface area contributed by atoms with Gasteiger partial charge < -0.3 is 9.47 Å². The zero-order chi connectivity index (χ0) is 20.9. The molecule has 0 bridgehead atoms. The highest BCUT2D eigenvalue weighted by molar-refractivity contribution is 7.15. The predicted molar refractivity (Wildman–Crippen MR) is 111 cm³/mol. The van der Waals surface area contributed by atoms with E-state index in [9.17, 15) is 9.59 Å². The van der Waals surface area contributed by atoms with Crippen LogP contribution in [-0.4, -0.2) is 35.0 Å². The minimum Gasteiger partial charge on any atom is -0.454 e. The number of anilines is 1. The second kappa shape index (κ2) is 8.70. The fourth-order valence-electron chi connectivity index (χ4n) is 2.68. The minimum atomic E-state index is -0.347. The smallest absolute Gasteiger partial charge is 0.257 e. The van der Waals surface area contributed by atoms with Crippen molar-refractivity contribution in [2.75, 3.05) is 12.1 Å². The summed E-state index contributed by atoms with van der Waals surface area (Å²) in [6.45, 7) is 2.11. The van der Waals surface area contributed by atoms with Gasteiger partial charge in [-0.2, -0.15) is 5.10 Å². The molecule has 0 aliphatic carbocycles. The molecule has 0 fully saturated rings. The van der Waals surface area contributed by atoms with E-state index in [2.05, 4.69) is 26.0 Å². The normalized spacial score (nSPS) is 12.2. The lowest BCUT2D eigenvalue weighted by Crippen LogP contribution is -2.19. The van der Waals surface area contributed by atoms with Gasteiger partial charge in [0.25, 0.3) is 5.91 Å². The first kappa shape index (κ1) is 19.5. The van der Waals surface area contributed by atoms with Gasteiger partial charge in [0.15, 0.2) is 11.5 Å². The Morgan fingerprint density at radius 1 is 1.17 bits per heavy atom. The number of carbonyl (C=O) groups is 2. The Morgan fingerprint density at radius 2 is 2.03 bits per heavy atom. The molecule has 0 radical (unpaired) electrons. The summed E-state index contributed by atoms with van der Waals surface area (Å²) in [5.41, 5.74) is 4.71. The molecule has 2 aromatic carbocycles. The molecular formula is C20H17N5O4S. The van der Waals surface area contributed by atoms with Gasteiger partial charge in [0, 0.05) is 5.56 Å². The number of amides is 2. The van der Waals surface area contributed by atoms with Crippen LogP contribution < -0.4 is 20.2 Å². The summed E-state index contributed by atoms with van der Waals surface area (Å²) in [4.78, 5) is 24.3. The molecule has 30 heavy (non-hydrogen) atoms. The van der Waals surface area contributed by atoms with Crippen LogP contribution in [0.1, 0.15) is 26.5 Å². The molecule has 9 nitrogen and oxygen atoms in total. The molecule has 0 unspecified atom stereocenters. The first-order valence-corrected chi connectivity index (χ1v) is 9.80. The zero-order valence-corrected chi connectivity index (χ0v) is 16.7. The summed E-state index contributed by atoms with van der Waals surface area (Å²) in [7, 11) is 0. The fraction of sp³-hybridized carbons (Fsp3) is 0.150. The first-order chi connectivity index (χ1) is 14.6. The summed E-state index contributed by atoms with van der Waals surface area (Å²) in [5.74, 6) is 0.691. The molecule has 4 rings (SSSR count). The van der Waals surface area contributed by atoms with E-state index in [4.69, 9.17) is 9.47 Å². The number of nitrogens with one attached hydrogen (secondary N) is 2. The molecule has 2 heterocycles. The van der Waals surface area contributed by atoms with E-state index in [-0.39, 0.29) is 25.0 Å². The van der Waals surface area contributed by atoms with Crippen molar-refractivity contribution in [3.63, 3.8) is 0 Å². The Balaban J connectivity index is 1.29. The average Bonchev–Trinajstić information content (AvgIpc) is 3.37. The maximum atomic E-state index is 12.3. The van der Waals surface area contributed by atoms with Crippen molar-refractivity contribution < 1.29 is 19.1 Å². The topological polar surface area (TPSA) is 115 Å². The molecule has 0 saturated carbocycles. The number of aromatic nitrogens is 2. The number of fused-ring (bicyclic) bond motifs is 1. The number of ether oxygens (including phenoxy) is 2. The van der Waals surface area contributed by atoms with Gasteiger partial charge in [0.1, 0.15) is 5.01 Å². The van der Waals surface area contributed by atoms with Crippen molar-refractivity contribution in [1.82, 2.24) is 15.6 Å². The van der Waals surface area contributed by atoms with Crippen LogP contribution in [0.15, 0.2) is 47.6 Å². The maximum Gasteiger partial charge on any atom is 0.257 e. The molecule has 2 N–H and O–H groups in total. The van der Waals surface area contributed by atoms with Gasteiger partial charge in [-0.25, -0.2) is 5.43 Å². The molecule has 1 aliphatic heterocycles. The van der Waals surface area contributed by atoms with Gasteiger partial charge in [-0.1, -0.05) is 29.0 Å². The molecule has 2 amide bonds. The molecule has 10 heteroatoms. The van der Waals surface area contributed by atoms with Crippen molar-refractivity contribution in [2.24, 2.45) is 5.10 Å². The van der Waals surface area contributed by atoms with Gasteiger partial charge in [-0.15, -0.1) is 10.2 Å². The Morgan fingerprint density at radius 3 is 2.90 bits per heavy atom. The number of hydrogen-bond acceptors (Lipinski definition) is 8. The third-order valence-corrected chi connectivity index (χ3v) is 4.92. The third-order valence-electron chi connectivity index (χ3n) is 4.08. The summed E-state index contributed by atoms with van der Waals surface area (Å²) in [6, 6.07) is 12.6. The number of hydrazone groups is 1. The van der Waals surface area contributed by atoms with E-state index in [0.717, 1.165) is 22.5 Å². The number of hydrogen-bond donors (Lipinski definition) is 2. The highest BCUT2D eigenvalue weighted by Crippen LogP contribution is 2.31. The van der Waals surface area contributed by atoms with Crippen LogP contribution in [0.4, 0.5) is 5.13 Å². The second-order valence-corrected chi connectivity index (χ2v) is 7.47. The molecule has 0 spiro atoms. The summed E-state index contributed by atoms with van der Waals surface area (Å²) < 4.78 is 10.5. The van der Waals surface area contributed by atoms with Crippen molar-refractivity contribution in [2.45, 2.75) is 13.3 Å². The molecule has 0 atom stereocenters. The zero-order valence-electron chi connectivity index (χ0n) is 15.9. The lowest BCUT2D eigenvalue weighted by atomic mass is 10.1. The van der Waals surface area contributed by atoms with Crippen LogP contribution in [0.3, 0.4) is 0 Å². The highest BCUT2D eigenvalue weighted by atomic mass is 32.1. The lowest BCUT2D eigenvalue weighted by Gasteiger charge is -2.01. The maximum absolute atomic E-state index is 12.3. The van der Waals surface area contributed by atoms with Crippen molar-refractivity contribution in [3.8, 4) is 11.5 Å². The Kier molecular flexibility index (Phi) is 5.66. The minimum absolute atomic E-state index is 0.00351. The van der Waals surface area contributed by atoms with Crippen molar-refractivity contribution in [1.29, 1.82) is 0 Å². The van der Waals surface area contributed by atoms with E-state index < -0.39 is 0 Å². The molecule has 3 aromatic rings. The monoisotopic (exact) mass is 423 g/mol. The van der Waals surface area contributed by atoms with Crippen molar-refractivity contribution >= 4 is 34.5 Å². The van der Waals surface area contributed by atoms with Crippen molar-refractivity contribution in [3.05, 3.63) is 64.2 Å². The molecule has 1 aromatic heterocycles. The highest BCUT2D eigenvalue weighted by Gasteiger charge is 2.14. The largest absolute Gasteiger partial charge is 0.454 e. The SMILES string of the molecule is Cc1cccc(C(=O)Nc2nnc(CC(=O)N/N=C/c3ccc4c(c3)OCO4)s2)c1. The second-order valence-electron chi connectivity index (χ2n) is 6.41. The number of benzene rings is 2. The Hall–Kier alpha value is -3.79. The fourth-order valence-corrected chi connectivity index (χ4v) is 3.41. The number of carbonyl (C=O) groups excluding carboxylic acids is 2. The molecule has 1 aliphatic rings. The summed E-state index contributed by atoms with van der Waals surface area (Å²) in [5, 5.41) is 15.3. The van der Waals surface area contributed by atoms with Gasteiger partial charge in [-0.3, -0.25) is 14.9 Å². The van der Waals surface area contributed by atoms with E-state index in [1.54, 1.807) is 30.3 Å². The van der Waals surface area contributed by atoms with Crippen LogP contribution in [-0.2, 0) is 11.2 Å². The Labute approximate surface area is 175 Å². The van der Waals surface area contributed by atoms with E-state index in [1.807, 2.05) is 19.1 Å². The number of aryl methyl sites for hydroxylation is 1. The predicted octanol–water partition coefficient (Wildman–Crippen LogP) is 2.52. The molecular weight excluding hydrogens is 406 g/mol. The van der Waals surface area contributed by atoms with E-state index in [1.165, 1.54) is 6.21 Å². The van der Waals surface area contributed by atoms with Crippen LogP contribution in [0, 0.1) is 6.92 Å². The van der Waals surface area contributed by atoms with Gasteiger partial charge in [0.05, 0.1) is 12.6 Å². The van der Waals surface area contributed by atoms with Gasteiger partial charge in [-0.05, 0) is 42.8 Å².